The van der Waals surface area contributed by atoms with E-state index in [2.05, 4.69) is 19.1 Å². The Morgan fingerprint density at radius 1 is 0.821 bits per heavy atom. The van der Waals surface area contributed by atoms with Gasteiger partial charge in [0.1, 0.15) is 17.1 Å². The number of carbonyl (C=O) groups excluding carboxylic acids is 1. The molecule has 2 aromatic rings. The summed E-state index contributed by atoms with van der Waals surface area (Å²) in [6.45, 7) is 2.25. The van der Waals surface area contributed by atoms with Gasteiger partial charge in [-0.25, -0.2) is 0 Å². The summed E-state index contributed by atoms with van der Waals surface area (Å²) in [6, 6.07) is 12.5. The lowest BCUT2D eigenvalue weighted by Gasteiger charge is -2.04. The topological polar surface area (TPSA) is 57.5 Å². The highest BCUT2D eigenvalue weighted by Crippen LogP contribution is 2.27. The van der Waals surface area contributed by atoms with Crippen LogP contribution < -0.4 is 0 Å². The molecule has 0 aromatic heterocycles. The SMILES string of the molecule is CCCCCCCCCCc1ccc(/C=C/C(=O)c2c(O)cccc2O)cc1. The molecule has 3 heteroatoms. The van der Waals surface area contributed by atoms with Gasteiger partial charge in [-0.05, 0) is 42.2 Å². The van der Waals surface area contributed by atoms with Crippen molar-refractivity contribution in [1.82, 2.24) is 0 Å². The number of benzene rings is 2. The van der Waals surface area contributed by atoms with Crippen molar-refractivity contribution < 1.29 is 15.0 Å². The van der Waals surface area contributed by atoms with Crippen molar-refractivity contribution in [3.63, 3.8) is 0 Å². The van der Waals surface area contributed by atoms with Crippen LogP contribution in [-0.4, -0.2) is 16.0 Å². The fourth-order valence-corrected chi connectivity index (χ4v) is 3.29. The average Bonchev–Trinajstić information content (AvgIpc) is 2.69. The Hall–Kier alpha value is -2.55. The first-order valence-corrected chi connectivity index (χ1v) is 10.4. The van der Waals surface area contributed by atoms with Gasteiger partial charge in [0, 0.05) is 0 Å². The molecule has 0 amide bonds. The maximum atomic E-state index is 12.2. The highest BCUT2D eigenvalue weighted by Gasteiger charge is 2.13. The monoisotopic (exact) mass is 380 g/mol. The molecule has 150 valence electrons. The molecule has 0 fully saturated rings. The van der Waals surface area contributed by atoms with E-state index in [0.29, 0.717) is 0 Å². The number of aromatic hydroxyl groups is 2. The average molecular weight is 381 g/mol. The molecule has 0 heterocycles. The Kier molecular flexibility index (Phi) is 9.33. The summed E-state index contributed by atoms with van der Waals surface area (Å²) < 4.78 is 0. The highest BCUT2D eigenvalue weighted by atomic mass is 16.3. The second kappa shape index (κ2) is 12.0. The molecule has 0 saturated carbocycles. The molecule has 0 bridgehead atoms. The highest BCUT2D eigenvalue weighted by molar-refractivity contribution is 6.10. The van der Waals surface area contributed by atoms with Crippen LogP contribution in [0.2, 0.25) is 0 Å². The van der Waals surface area contributed by atoms with E-state index < -0.39 is 5.78 Å². The van der Waals surface area contributed by atoms with Gasteiger partial charge >= 0.3 is 0 Å². The lowest BCUT2D eigenvalue weighted by Crippen LogP contribution is -1.95. The molecule has 28 heavy (non-hydrogen) atoms. The second-order valence-electron chi connectivity index (χ2n) is 7.34. The first kappa shape index (κ1) is 21.7. The van der Waals surface area contributed by atoms with Gasteiger partial charge in [-0.15, -0.1) is 0 Å². The standard InChI is InChI=1S/C25H32O3/c1-2-3-4-5-6-7-8-9-11-20-14-16-21(17-15-20)18-19-24(28)25-22(26)12-10-13-23(25)27/h10,12-19,26-27H,2-9,11H2,1H3/b19-18+. The number of carbonyl (C=O) groups is 1. The van der Waals surface area contributed by atoms with Crippen molar-refractivity contribution in [2.75, 3.05) is 0 Å². The number of phenols is 2. The van der Waals surface area contributed by atoms with Crippen LogP contribution >= 0.6 is 0 Å². The van der Waals surface area contributed by atoms with Crippen LogP contribution in [0.25, 0.3) is 6.08 Å². The van der Waals surface area contributed by atoms with Gasteiger partial charge in [-0.2, -0.15) is 0 Å². The Balaban J connectivity index is 1.76. The van der Waals surface area contributed by atoms with E-state index in [1.165, 1.54) is 81.2 Å². The number of unbranched alkanes of at least 4 members (excludes halogenated alkanes) is 7. The Labute approximate surface area is 168 Å². The van der Waals surface area contributed by atoms with Gasteiger partial charge in [0.2, 0.25) is 0 Å². The lowest BCUT2D eigenvalue weighted by molar-refractivity contribution is 0.104. The Morgan fingerprint density at radius 3 is 2.00 bits per heavy atom. The van der Waals surface area contributed by atoms with Crippen molar-refractivity contribution in [3.05, 3.63) is 65.2 Å². The third-order valence-corrected chi connectivity index (χ3v) is 4.99. The first-order valence-electron chi connectivity index (χ1n) is 10.4. The van der Waals surface area contributed by atoms with Crippen LogP contribution in [0.15, 0.2) is 48.5 Å². The summed E-state index contributed by atoms with van der Waals surface area (Å²) in [6.07, 6.45) is 14.7. The molecule has 2 rings (SSSR count). The van der Waals surface area contributed by atoms with Crippen molar-refractivity contribution in [2.45, 2.75) is 64.7 Å². The number of ketones is 1. The number of hydrogen-bond acceptors (Lipinski definition) is 3. The molecule has 0 saturated heterocycles. The van der Waals surface area contributed by atoms with Crippen LogP contribution in [-0.2, 0) is 6.42 Å². The van der Waals surface area contributed by atoms with Crippen LogP contribution in [0.1, 0.15) is 79.8 Å². The number of rotatable bonds is 12. The zero-order valence-electron chi connectivity index (χ0n) is 16.9. The number of hydrogen-bond donors (Lipinski definition) is 2. The normalized spacial score (nSPS) is 11.2. The van der Waals surface area contributed by atoms with Crippen molar-refractivity contribution in [1.29, 1.82) is 0 Å². The fourth-order valence-electron chi connectivity index (χ4n) is 3.29. The molecule has 0 aliphatic carbocycles. The molecule has 0 aliphatic heterocycles. The maximum Gasteiger partial charge on any atom is 0.193 e. The second-order valence-corrected chi connectivity index (χ2v) is 7.34. The lowest BCUT2D eigenvalue weighted by atomic mass is 10.0. The van der Waals surface area contributed by atoms with Crippen LogP contribution in [0.3, 0.4) is 0 Å². The van der Waals surface area contributed by atoms with Crippen molar-refractivity contribution in [2.24, 2.45) is 0 Å². The molecule has 0 spiro atoms. The minimum Gasteiger partial charge on any atom is -0.507 e. The van der Waals surface area contributed by atoms with E-state index in [1.807, 2.05) is 12.1 Å². The van der Waals surface area contributed by atoms with Gasteiger partial charge in [0.05, 0.1) is 0 Å². The molecule has 0 unspecified atom stereocenters. The van der Waals surface area contributed by atoms with Crippen LogP contribution in [0.5, 0.6) is 11.5 Å². The fraction of sp³-hybridized carbons (Fsp3) is 0.400. The Morgan fingerprint density at radius 2 is 1.39 bits per heavy atom. The molecule has 0 aliphatic rings. The number of aryl methyl sites for hydroxylation is 1. The number of allylic oxidation sites excluding steroid dienone is 1. The zero-order chi connectivity index (χ0) is 20.2. The quantitative estimate of drug-likeness (QED) is 0.245. The summed E-state index contributed by atoms with van der Waals surface area (Å²) in [7, 11) is 0. The minimum atomic E-state index is -0.418. The third kappa shape index (κ3) is 7.22. The maximum absolute atomic E-state index is 12.2. The summed E-state index contributed by atoms with van der Waals surface area (Å²) in [5.41, 5.74) is 2.17. The molecule has 0 atom stereocenters. The number of phenolic OH excluding ortho intramolecular Hbond substituents is 2. The molecule has 2 aromatic carbocycles. The first-order chi connectivity index (χ1) is 13.6. The van der Waals surface area contributed by atoms with E-state index in [4.69, 9.17) is 0 Å². The molecular weight excluding hydrogens is 348 g/mol. The molecule has 0 radical (unpaired) electrons. The van der Waals surface area contributed by atoms with Crippen molar-refractivity contribution >= 4 is 11.9 Å². The van der Waals surface area contributed by atoms with Crippen molar-refractivity contribution in [3.8, 4) is 11.5 Å². The third-order valence-electron chi connectivity index (χ3n) is 4.99. The predicted octanol–water partition coefficient (Wildman–Crippen LogP) is 6.68. The van der Waals surface area contributed by atoms with E-state index in [-0.39, 0.29) is 17.1 Å². The van der Waals surface area contributed by atoms with Crippen LogP contribution in [0.4, 0.5) is 0 Å². The summed E-state index contributed by atoms with van der Waals surface area (Å²) in [4.78, 5) is 12.2. The Bertz CT molecular complexity index is 740. The zero-order valence-corrected chi connectivity index (χ0v) is 16.9. The van der Waals surface area contributed by atoms with E-state index in [9.17, 15) is 15.0 Å². The predicted molar refractivity (Wildman–Crippen MR) is 116 cm³/mol. The molecule has 3 nitrogen and oxygen atoms in total. The molecule has 2 N–H and O–H groups in total. The largest absolute Gasteiger partial charge is 0.507 e. The van der Waals surface area contributed by atoms with Gasteiger partial charge in [0.25, 0.3) is 0 Å². The van der Waals surface area contributed by atoms with Gasteiger partial charge in [-0.3, -0.25) is 4.79 Å². The smallest absolute Gasteiger partial charge is 0.193 e. The van der Waals surface area contributed by atoms with Gasteiger partial charge in [0.15, 0.2) is 5.78 Å². The minimum absolute atomic E-state index is 0.0648. The van der Waals surface area contributed by atoms with E-state index in [0.717, 1.165) is 12.0 Å². The summed E-state index contributed by atoms with van der Waals surface area (Å²) in [5.74, 6) is -0.843. The van der Waals surface area contributed by atoms with Gasteiger partial charge in [-0.1, -0.05) is 88.3 Å². The van der Waals surface area contributed by atoms with E-state index >= 15 is 0 Å². The molecular formula is C25H32O3. The van der Waals surface area contributed by atoms with Crippen LogP contribution in [0, 0.1) is 0 Å². The van der Waals surface area contributed by atoms with Gasteiger partial charge < -0.3 is 10.2 Å². The summed E-state index contributed by atoms with van der Waals surface area (Å²) >= 11 is 0. The van der Waals surface area contributed by atoms with E-state index in [1.54, 1.807) is 6.08 Å². The summed E-state index contributed by atoms with van der Waals surface area (Å²) in [5, 5.41) is 19.5.